The number of rotatable bonds is 29. The summed E-state index contributed by atoms with van der Waals surface area (Å²) in [5, 5.41) is 0.000300. The third-order valence-corrected chi connectivity index (χ3v) is 19.0. The molecule has 1 aliphatic rings. The molecule has 384 valence electrons. The van der Waals surface area contributed by atoms with E-state index in [9.17, 15) is 9.59 Å². The molecule has 0 radical (unpaired) electrons. The van der Waals surface area contributed by atoms with Gasteiger partial charge in [-0.1, -0.05) is 114 Å². The predicted molar refractivity (Wildman–Crippen MR) is 278 cm³/mol. The SMILES string of the molecule is COc1ccc(C(OCCCCOC(C)OCC(CCC(=O)CCCCOC2OC(COC(=O)c3ccccc3)C(C)C(C)C2C)O[Si](C)(C)C(C)(C)C)(c2ccccc2)c2ccc(OC)cc2)cc1. The van der Waals surface area contributed by atoms with Crippen LogP contribution in [0.4, 0.5) is 0 Å². The lowest BCUT2D eigenvalue weighted by Crippen LogP contribution is -2.48. The molecule has 1 heterocycles. The summed E-state index contributed by atoms with van der Waals surface area (Å²) in [7, 11) is 1.18. The van der Waals surface area contributed by atoms with Crippen molar-refractivity contribution in [3.05, 3.63) is 131 Å². The van der Waals surface area contributed by atoms with Crippen LogP contribution in [0.15, 0.2) is 109 Å². The minimum absolute atomic E-state index is 0.000300. The fourth-order valence-electron chi connectivity index (χ4n) is 8.57. The molecule has 1 aliphatic heterocycles. The average Bonchev–Trinajstić information content (AvgIpc) is 3.36. The van der Waals surface area contributed by atoms with Crippen LogP contribution in [0.25, 0.3) is 0 Å². The zero-order valence-corrected chi connectivity index (χ0v) is 44.9. The molecule has 1 fully saturated rings. The van der Waals surface area contributed by atoms with Gasteiger partial charge in [-0.3, -0.25) is 4.79 Å². The van der Waals surface area contributed by atoms with E-state index >= 15 is 0 Å². The highest BCUT2D eigenvalue weighted by atomic mass is 28.4. The molecular formula is C58H82O11Si. The number of methoxy groups -OCH3 is 2. The van der Waals surface area contributed by atoms with Crippen molar-refractivity contribution in [2.24, 2.45) is 17.8 Å². The van der Waals surface area contributed by atoms with Gasteiger partial charge >= 0.3 is 5.97 Å². The summed E-state index contributed by atoms with van der Waals surface area (Å²) in [5.74, 6) is 2.09. The van der Waals surface area contributed by atoms with E-state index < -0.39 is 26.5 Å². The third-order valence-electron chi connectivity index (χ3n) is 14.4. The van der Waals surface area contributed by atoms with Crippen LogP contribution in [-0.2, 0) is 43.2 Å². The normalized spacial score (nSPS) is 19.6. The quantitative estimate of drug-likeness (QED) is 0.0170. The van der Waals surface area contributed by atoms with Crippen molar-refractivity contribution in [2.45, 2.75) is 142 Å². The van der Waals surface area contributed by atoms with E-state index in [1.807, 2.05) is 67.6 Å². The number of ketones is 1. The van der Waals surface area contributed by atoms with E-state index in [4.69, 9.17) is 42.3 Å². The molecule has 0 amide bonds. The first kappa shape index (κ1) is 56.5. The number of hydrogen-bond donors (Lipinski definition) is 0. The van der Waals surface area contributed by atoms with E-state index in [-0.39, 0.29) is 47.4 Å². The summed E-state index contributed by atoms with van der Waals surface area (Å²) in [5.41, 5.74) is 2.65. The molecule has 7 unspecified atom stereocenters. The Morgan fingerprint density at radius 2 is 1.21 bits per heavy atom. The van der Waals surface area contributed by atoms with E-state index in [0.717, 1.165) is 53.9 Å². The Morgan fingerprint density at radius 3 is 1.80 bits per heavy atom. The maximum Gasteiger partial charge on any atom is 0.338 e. The van der Waals surface area contributed by atoms with Crippen molar-refractivity contribution in [1.82, 2.24) is 0 Å². The molecule has 0 aromatic heterocycles. The smallest absolute Gasteiger partial charge is 0.338 e. The van der Waals surface area contributed by atoms with Crippen LogP contribution >= 0.6 is 0 Å². The maximum atomic E-state index is 13.3. The summed E-state index contributed by atoms with van der Waals surface area (Å²) in [6.45, 7) is 21.5. The van der Waals surface area contributed by atoms with Crippen LogP contribution in [0.1, 0.15) is 120 Å². The summed E-state index contributed by atoms with van der Waals surface area (Å²) in [6.07, 6.45) is 3.11. The summed E-state index contributed by atoms with van der Waals surface area (Å²) >= 11 is 0. The number of benzene rings is 4. The molecule has 0 aliphatic carbocycles. The number of esters is 1. The van der Waals surface area contributed by atoms with Crippen LogP contribution in [0, 0.1) is 17.8 Å². The van der Waals surface area contributed by atoms with Crippen molar-refractivity contribution in [1.29, 1.82) is 0 Å². The first-order valence-corrected chi connectivity index (χ1v) is 28.3. The molecule has 0 spiro atoms. The van der Waals surface area contributed by atoms with Crippen molar-refractivity contribution >= 4 is 20.1 Å². The highest BCUT2D eigenvalue weighted by Crippen LogP contribution is 2.42. The van der Waals surface area contributed by atoms with Gasteiger partial charge in [-0.25, -0.2) is 4.79 Å². The van der Waals surface area contributed by atoms with Crippen LogP contribution < -0.4 is 9.47 Å². The van der Waals surface area contributed by atoms with Crippen LogP contribution in [0.2, 0.25) is 18.1 Å². The van der Waals surface area contributed by atoms with Gasteiger partial charge in [0.05, 0.1) is 38.6 Å². The van der Waals surface area contributed by atoms with Crippen LogP contribution in [-0.4, -0.2) is 92.1 Å². The van der Waals surface area contributed by atoms with Crippen LogP contribution in [0.3, 0.4) is 0 Å². The Hall–Kier alpha value is -4.40. The summed E-state index contributed by atoms with van der Waals surface area (Å²) in [4.78, 5) is 25.9. The average molecular weight is 983 g/mol. The van der Waals surface area contributed by atoms with Gasteiger partial charge < -0.3 is 42.3 Å². The van der Waals surface area contributed by atoms with Gasteiger partial charge in [-0.15, -0.1) is 0 Å². The second-order valence-electron chi connectivity index (χ2n) is 20.3. The predicted octanol–water partition coefficient (Wildman–Crippen LogP) is 12.6. The van der Waals surface area contributed by atoms with Gasteiger partial charge in [-0.2, -0.15) is 0 Å². The Balaban J connectivity index is 1.07. The number of Topliss-reactive ketones (excluding diaryl/α,β-unsaturated/α-hetero) is 1. The Kier molecular flexibility index (Phi) is 22.1. The highest BCUT2D eigenvalue weighted by molar-refractivity contribution is 6.74. The summed E-state index contributed by atoms with van der Waals surface area (Å²) in [6, 6.07) is 35.4. The van der Waals surface area contributed by atoms with Crippen molar-refractivity contribution < 1.29 is 51.9 Å². The lowest BCUT2D eigenvalue weighted by atomic mass is 9.79. The molecule has 11 nitrogen and oxygen atoms in total. The van der Waals surface area contributed by atoms with Gasteiger partial charge in [0.2, 0.25) is 0 Å². The Morgan fingerprint density at radius 1 is 0.657 bits per heavy atom. The first-order chi connectivity index (χ1) is 33.5. The molecule has 1 saturated heterocycles. The molecule has 0 bridgehead atoms. The van der Waals surface area contributed by atoms with Gasteiger partial charge in [0.25, 0.3) is 0 Å². The standard InChI is InChI=1S/C58H82O11Si/c1-42-43(2)54(41-66-55(60)46-22-14-12-15-23-46)68-56(44(42)3)64-38-19-18-26-50(59)31-36-53(69-70(10,11)57(5,6)7)40-65-45(4)63-37-20-21-39-67-58(47-24-16-13-17-25-47,48-27-32-51(61-8)33-28-48)49-29-34-52(62-9)35-30-49/h12-17,22-25,27-30,32-35,42-45,53-54,56H,18-21,26,31,36-41H2,1-11H3. The Labute approximate surface area is 420 Å². The second-order valence-corrected chi connectivity index (χ2v) is 25.1. The van der Waals surface area contributed by atoms with E-state index in [0.29, 0.717) is 57.2 Å². The lowest BCUT2D eigenvalue weighted by Gasteiger charge is -2.43. The number of carbonyl (C=O) groups is 2. The monoisotopic (exact) mass is 983 g/mol. The van der Waals surface area contributed by atoms with Gasteiger partial charge in [0, 0.05) is 38.6 Å². The number of hydrogen-bond acceptors (Lipinski definition) is 11. The molecule has 4 aromatic rings. The highest BCUT2D eigenvalue weighted by Gasteiger charge is 2.42. The number of carbonyl (C=O) groups excluding carboxylic acids is 2. The molecular weight excluding hydrogens is 901 g/mol. The number of unbranched alkanes of at least 4 members (excludes halogenated alkanes) is 2. The summed E-state index contributed by atoms with van der Waals surface area (Å²) < 4.78 is 55.5. The molecule has 70 heavy (non-hydrogen) atoms. The minimum Gasteiger partial charge on any atom is -0.497 e. The van der Waals surface area contributed by atoms with Gasteiger partial charge in [0.15, 0.2) is 20.9 Å². The fraction of sp³-hybridized carbons (Fsp3) is 0.552. The van der Waals surface area contributed by atoms with E-state index in [1.165, 1.54) is 0 Å². The maximum absolute atomic E-state index is 13.3. The van der Waals surface area contributed by atoms with E-state index in [1.54, 1.807) is 26.4 Å². The van der Waals surface area contributed by atoms with Crippen molar-refractivity contribution in [3.63, 3.8) is 0 Å². The number of ether oxygens (including phenoxy) is 8. The van der Waals surface area contributed by atoms with Gasteiger partial charge in [0.1, 0.15) is 29.5 Å². The molecule has 7 atom stereocenters. The first-order valence-electron chi connectivity index (χ1n) is 25.4. The molecule has 12 heteroatoms. The zero-order valence-electron chi connectivity index (χ0n) is 43.9. The van der Waals surface area contributed by atoms with Crippen molar-refractivity contribution in [3.8, 4) is 11.5 Å². The molecule has 4 aromatic carbocycles. The second kappa shape index (κ2) is 27.4. The third kappa shape index (κ3) is 16.1. The zero-order chi connectivity index (χ0) is 50.7. The van der Waals surface area contributed by atoms with E-state index in [2.05, 4.69) is 91.0 Å². The molecule has 5 rings (SSSR count). The topological polar surface area (TPSA) is 117 Å². The Bertz CT molecular complexity index is 2080. The van der Waals surface area contributed by atoms with Crippen molar-refractivity contribution in [2.75, 3.05) is 47.3 Å². The lowest BCUT2D eigenvalue weighted by molar-refractivity contribution is -0.254. The molecule has 0 saturated carbocycles. The fourth-order valence-corrected chi connectivity index (χ4v) is 9.94. The largest absolute Gasteiger partial charge is 0.497 e. The minimum atomic E-state index is -2.16. The molecule has 0 N–H and O–H groups in total. The van der Waals surface area contributed by atoms with Gasteiger partial charge in [-0.05, 0) is 122 Å². The van der Waals surface area contributed by atoms with Crippen LogP contribution in [0.5, 0.6) is 11.5 Å².